The molecule has 1 heterocycles. The van der Waals surface area contributed by atoms with Gasteiger partial charge in [-0.2, -0.15) is 0 Å². The zero-order valence-electron chi connectivity index (χ0n) is 14.9. The first-order valence-corrected chi connectivity index (χ1v) is 9.35. The minimum absolute atomic E-state index is 0.0853. The van der Waals surface area contributed by atoms with Gasteiger partial charge in [0.25, 0.3) is 5.91 Å². The molecule has 0 fully saturated rings. The number of sulfonamides is 1. The van der Waals surface area contributed by atoms with E-state index in [1.165, 1.54) is 31.4 Å². The standard InChI is InChI=1S/C17H22N4O4S/c1-21(2)16-9-6-14(12-18-16)20-17(22)13-4-7-15(8-5-13)26(23,24)19-10-11-25-3/h4-9,12,19H,10-11H2,1-3H3,(H,20,22). The summed E-state index contributed by atoms with van der Waals surface area (Å²) in [5.41, 5.74) is 0.899. The van der Waals surface area contributed by atoms with Gasteiger partial charge in [0.15, 0.2) is 0 Å². The highest BCUT2D eigenvalue weighted by Crippen LogP contribution is 2.15. The Labute approximate surface area is 153 Å². The lowest BCUT2D eigenvalue weighted by Gasteiger charge is -2.12. The van der Waals surface area contributed by atoms with Crippen LogP contribution < -0.4 is 14.9 Å². The fourth-order valence-electron chi connectivity index (χ4n) is 2.07. The van der Waals surface area contributed by atoms with Crippen LogP contribution in [0.25, 0.3) is 0 Å². The Morgan fingerprint density at radius 1 is 1.15 bits per heavy atom. The van der Waals surface area contributed by atoms with Crippen LogP contribution in [0.15, 0.2) is 47.5 Å². The maximum atomic E-state index is 12.3. The lowest BCUT2D eigenvalue weighted by Crippen LogP contribution is -2.27. The highest BCUT2D eigenvalue weighted by molar-refractivity contribution is 7.89. The molecule has 0 spiro atoms. The van der Waals surface area contributed by atoms with Crippen molar-refractivity contribution in [3.63, 3.8) is 0 Å². The van der Waals surface area contributed by atoms with Crippen molar-refractivity contribution in [3.05, 3.63) is 48.2 Å². The third-order valence-electron chi connectivity index (χ3n) is 3.49. The first-order valence-electron chi connectivity index (χ1n) is 7.87. The van der Waals surface area contributed by atoms with Crippen molar-refractivity contribution < 1.29 is 17.9 Å². The largest absolute Gasteiger partial charge is 0.383 e. The molecule has 0 aliphatic rings. The van der Waals surface area contributed by atoms with Crippen LogP contribution in [0.1, 0.15) is 10.4 Å². The van der Waals surface area contributed by atoms with Crippen LogP contribution in [0.5, 0.6) is 0 Å². The molecular weight excluding hydrogens is 356 g/mol. The first kappa shape index (κ1) is 19.8. The van der Waals surface area contributed by atoms with Crippen molar-refractivity contribution in [1.29, 1.82) is 0 Å². The van der Waals surface area contributed by atoms with Crippen LogP contribution in [-0.2, 0) is 14.8 Å². The van der Waals surface area contributed by atoms with Gasteiger partial charge in [0.05, 0.1) is 23.4 Å². The van der Waals surface area contributed by atoms with Gasteiger partial charge < -0.3 is 15.0 Å². The quantitative estimate of drug-likeness (QED) is 0.672. The van der Waals surface area contributed by atoms with E-state index in [0.29, 0.717) is 11.3 Å². The third kappa shape index (κ3) is 5.25. The van der Waals surface area contributed by atoms with Gasteiger partial charge in [-0.3, -0.25) is 4.79 Å². The van der Waals surface area contributed by atoms with E-state index in [4.69, 9.17) is 4.74 Å². The zero-order valence-corrected chi connectivity index (χ0v) is 15.7. The number of pyridine rings is 1. The number of carbonyl (C=O) groups is 1. The Bertz CT molecular complexity index is 834. The molecule has 140 valence electrons. The molecule has 0 unspecified atom stereocenters. The summed E-state index contributed by atoms with van der Waals surface area (Å²) in [5.74, 6) is 0.430. The molecule has 0 aliphatic carbocycles. The van der Waals surface area contributed by atoms with E-state index in [1.54, 1.807) is 18.3 Å². The Morgan fingerprint density at radius 2 is 1.85 bits per heavy atom. The predicted octanol–water partition coefficient (Wildman–Crippen LogP) is 1.32. The summed E-state index contributed by atoms with van der Waals surface area (Å²) in [4.78, 5) is 18.4. The van der Waals surface area contributed by atoms with Crippen molar-refractivity contribution in [2.45, 2.75) is 4.90 Å². The van der Waals surface area contributed by atoms with E-state index in [2.05, 4.69) is 15.0 Å². The average molecular weight is 378 g/mol. The number of carbonyl (C=O) groups excluding carboxylic acids is 1. The molecule has 2 N–H and O–H groups in total. The van der Waals surface area contributed by atoms with Gasteiger partial charge in [0, 0.05) is 33.3 Å². The highest BCUT2D eigenvalue weighted by atomic mass is 32.2. The molecule has 0 aliphatic heterocycles. The van der Waals surface area contributed by atoms with Crippen molar-refractivity contribution >= 4 is 27.4 Å². The molecule has 26 heavy (non-hydrogen) atoms. The number of amides is 1. The minimum Gasteiger partial charge on any atom is -0.383 e. The van der Waals surface area contributed by atoms with Gasteiger partial charge in [-0.25, -0.2) is 18.1 Å². The summed E-state index contributed by atoms with van der Waals surface area (Å²) in [5, 5.41) is 2.72. The summed E-state index contributed by atoms with van der Waals surface area (Å²) >= 11 is 0. The van der Waals surface area contributed by atoms with Crippen LogP contribution >= 0.6 is 0 Å². The lowest BCUT2D eigenvalue weighted by molar-refractivity contribution is 0.102. The predicted molar refractivity (Wildman–Crippen MR) is 100 cm³/mol. The minimum atomic E-state index is -3.62. The molecule has 0 saturated carbocycles. The molecule has 1 aromatic heterocycles. The number of benzene rings is 1. The summed E-state index contributed by atoms with van der Waals surface area (Å²) in [6.07, 6.45) is 1.56. The van der Waals surface area contributed by atoms with E-state index >= 15 is 0 Å². The Balaban J connectivity index is 2.04. The number of hydrogen-bond donors (Lipinski definition) is 2. The second kappa shape index (κ2) is 8.75. The average Bonchev–Trinajstić information content (AvgIpc) is 2.62. The Morgan fingerprint density at radius 3 is 2.38 bits per heavy atom. The van der Waals surface area contributed by atoms with Crippen molar-refractivity contribution in [2.75, 3.05) is 44.6 Å². The molecule has 2 rings (SSSR count). The SMILES string of the molecule is COCCNS(=O)(=O)c1ccc(C(=O)Nc2ccc(N(C)C)nc2)cc1. The molecule has 0 saturated heterocycles. The molecule has 0 radical (unpaired) electrons. The van der Waals surface area contributed by atoms with Crippen LogP contribution in [-0.4, -0.2) is 53.7 Å². The van der Waals surface area contributed by atoms with Crippen molar-refractivity contribution in [1.82, 2.24) is 9.71 Å². The topological polar surface area (TPSA) is 101 Å². The molecule has 1 amide bonds. The second-order valence-corrected chi connectivity index (χ2v) is 7.44. The van der Waals surface area contributed by atoms with Gasteiger partial charge >= 0.3 is 0 Å². The highest BCUT2D eigenvalue weighted by Gasteiger charge is 2.14. The lowest BCUT2D eigenvalue weighted by atomic mass is 10.2. The molecule has 2 aromatic rings. The molecule has 1 aromatic carbocycles. The van der Waals surface area contributed by atoms with Crippen LogP contribution in [0.3, 0.4) is 0 Å². The van der Waals surface area contributed by atoms with E-state index in [0.717, 1.165) is 5.82 Å². The number of anilines is 2. The van der Waals surface area contributed by atoms with Crippen LogP contribution in [0.2, 0.25) is 0 Å². The van der Waals surface area contributed by atoms with Crippen LogP contribution in [0, 0.1) is 0 Å². The summed E-state index contributed by atoms with van der Waals surface area (Å²) in [7, 11) is 1.62. The maximum Gasteiger partial charge on any atom is 0.255 e. The summed E-state index contributed by atoms with van der Waals surface area (Å²) < 4.78 is 31.4. The van der Waals surface area contributed by atoms with Crippen molar-refractivity contribution in [3.8, 4) is 0 Å². The first-order chi connectivity index (χ1) is 12.3. The number of nitrogens with one attached hydrogen (secondary N) is 2. The van der Waals surface area contributed by atoms with Crippen LogP contribution in [0.4, 0.5) is 11.5 Å². The van der Waals surface area contributed by atoms with E-state index < -0.39 is 10.0 Å². The van der Waals surface area contributed by atoms with Gasteiger partial charge in [-0.1, -0.05) is 0 Å². The van der Waals surface area contributed by atoms with E-state index in [9.17, 15) is 13.2 Å². The number of hydrogen-bond acceptors (Lipinski definition) is 6. The Hall–Kier alpha value is -2.49. The fraction of sp³-hybridized carbons (Fsp3) is 0.294. The number of methoxy groups -OCH3 is 1. The van der Waals surface area contributed by atoms with Gasteiger partial charge in [-0.15, -0.1) is 0 Å². The normalized spacial score (nSPS) is 11.2. The third-order valence-corrected chi connectivity index (χ3v) is 4.97. The molecule has 0 bridgehead atoms. The molecule has 9 heteroatoms. The van der Waals surface area contributed by atoms with Gasteiger partial charge in [0.1, 0.15) is 5.82 Å². The number of nitrogens with zero attached hydrogens (tertiary/aromatic N) is 2. The summed E-state index contributed by atoms with van der Waals surface area (Å²) in [6.45, 7) is 0.456. The second-order valence-electron chi connectivity index (χ2n) is 5.67. The van der Waals surface area contributed by atoms with Gasteiger partial charge in [0.2, 0.25) is 10.0 Å². The van der Waals surface area contributed by atoms with E-state index in [-0.39, 0.29) is 24.0 Å². The smallest absolute Gasteiger partial charge is 0.255 e. The fourth-order valence-corrected chi connectivity index (χ4v) is 3.09. The number of rotatable bonds is 8. The molecule has 0 atom stereocenters. The van der Waals surface area contributed by atoms with E-state index in [1.807, 2.05) is 19.0 Å². The van der Waals surface area contributed by atoms with Crippen molar-refractivity contribution in [2.24, 2.45) is 0 Å². The molecule has 8 nitrogen and oxygen atoms in total. The number of aromatic nitrogens is 1. The number of ether oxygens (including phenoxy) is 1. The molecular formula is C17H22N4O4S. The van der Waals surface area contributed by atoms with Gasteiger partial charge in [-0.05, 0) is 36.4 Å². The maximum absolute atomic E-state index is 12.3. The Kier molecular flexibility index (Phi) is 6.67. The summed E-state index contributed by atoms with van der Waals surface area (Å²) in [6, 6.07) is 9.23. The zero-order chi connectivity index (χ0) is 19.2. The monoisotopic (exact) mass is 378 g/mol.